The van der Waals surface area contributed by atoms with Gasteiger partial charge in [0.2, 0.25) is 0 Å². The number of piperidine rings is 1. The molecule has 1 aliphatic heterocycles. The number of anilines is 1. The average molecular weight is 507 g/mol. The summed E-state index contributed by atoms with van der Waals surface area (Å²) in [4.78, 5) is 18.0. The molecule has 1 aromatic heterocycles. The molecule has 0 bridgehead atoms. The lowest BCUT2D eigenvalue weighted by atomic mass is 9.90. The van der Waals surface area contributed by atoms with E-state index in [0.717, 1.165) is 44.1 Å². The van der Waals surface area contributed by atoms with Gasteiger partial charge in [-0.25, -0.2) is 14.2 Å². The monoisotopic (exact) mass is 506 g/mol. The maximum absolute atomic E-state index is 14.3. The van der Waals surface area contributed by atoms with Gasteiger partial charge in [0.05, 0.1) is 17.7 Å². The third kappa shape index (κ3) is 5.30. The Kier molecular flexibility index (Phi) is 6.59. The molecule has 3 aliphatic rings. The Hall–Kier alpha value is -2.84. The number of aromatic carboxylic acids is 1. The van der Waals surface area contributed by atoms with Crippen molar-refractivity contribution in [3.8, 4) is 5.75 Å². The molecular weight excluding hydrogens is 476 g/mol. The number of carboxylic acid groups (broad SMARTS) is 1. The topological polar surface area (TPSA) is 62.7 Å². The second-order valence-electron chi connectivity index (χ2n) is 10.3. The fourth-order valence-electron chi connectivity index (χ4n) is 5.19. The van der Waals surface area contributed by atoms with Crippen LogP contribution in [0.2, 0.25) is 0 Å². The number of nitrogens with zero attached hydrogens (tertiary/aromatic N) is 2. The Morgan fingerprint density at radius 3 is 2.44 bits per heavy atom. The number of halogens is 4. The summed E-state index contributed by atoms with van der Waals surface area (Å²) in [6, 6.07) is 4.94. The number of rotatable bonds is 8. The van der Waals surface area contributed by atoms with Crippen LogP contribution < -0.4 is 9.64 Å². The zero-order valence-corrected chi connectivity index (χ0v) is 20.2. The third-order valence-electron chi connectivity index (χ3n) is 7.57. The Labute approximate surface area is 207 Å². The van der Waals surface area contributed by atoms with Gasteiger partial charge in [-0.1, -0.05) is 6.92 Å². The van der Waals surface area contributed by atoms with Crippen molar-refractivity contribution in [2.24, 2.45) is 5.92 Å². The molecule has 36 heavy (non-hydrogen) atoms. The Morgan fingerprint density at radius 2 is 1.83 bits per heavy atom. The highest BCUT2D eigenvalue weighted by atomic mass is 19.4. The number of pyridine rings is 1. The smallest absolute Gasteiger partial charge is 0.416 e. The Morgan fingerprint density at radius 1 is 1.11 bits per heavy atom. The zero-order chi connectivity index (χ0) is 25.6. The maximum Gasteiger partial charge on any atom is 0.416 e. The molecule has 2 aliphatic carbocycles. The molecule has 0 amide bonds. The van der Waals surface area contributed by atoms with Crippen LogP contribution in [0.15, 0.2) is 24.3 Å². The summed E-state index contributed by atoms with van der Waals surface area (Å²) >= 11 is 0. The summed E-state index contributed by atoms with van der Waals surface area (Å²) in [5, 5.41) is 9.25. The van der Waals surface area contributed by atoms with Crippen molar-refractivity contribution >= 4 is 11.8 Å². The predicted molar refractivity (Wildman–Crippen MR) is 126 cm³/mol. The highest BCUT2D eigenvalue weighted by Gasteiger charge is 2.37. The SMILES string of the molecule is CCC1CC(COc2cc(F)c(C(=O)O)cc2C2CC2)CCN1c1cc(C(F)(F)F)cc(C2CC2)n1. The lowest BCUT2D eigenvalue weighted by Crippen LogP contribution is -2.44. The fourth-order valence-corrected chi connectivity index (χ4v) is 5.19. The molecule has 1 saturated heterocycles. The Balaban J connectivity index is 1.30. The highest BCUT2D eigenvalue weighted by Crippen LogP contribution is 2.46. The molecule has 1 aromatic carbocycles. The van der Waals surface area contributed by atoms with Crippen molar-refractivity contribution in [3.05, 3.63) is 52.5 Å². The van der Waals surface area contributed by atoms with Gasteiger partial charge in [-0.3, -0.25) is 0 Å². The molecule has 194 valence electrons. The summed E-state index contributed by atoms with van der Waals surface area (Å²) in [5.41, 5.74) is 0.274. The maximum atomic E-state index is 14.3. The highest BCUT2D eigenvalue weighted by molar-refractivity contribution is 5.88. The van der Waals surface area contributed by atoms with E-state index in [1.807, 2.05) is 11.8 Å². The Bertz CT molecular complexity index is 1140. The van der Waals surface area contributed by atoms with Gasteiger partial charge in [0.1, 0.15) is 17.4 Å². The number of ether oxygens (including phenoxy) is 1. The number of aromatic nitrogens is 1. The summed E-state index contributed by atoms with van der Waals surface area (Å²) in [5.74, 6) is -0.877. The number of hydrogen-bond acceptors (Lipinski definition) is 4. The number of alkyl halides is 3. The molecule has 2 saturated carbocycles. The second-order valence-corrected chi connectivity index (χ2v) is 10.3. The predicted octanol–water partition coefficient (Wildman–Crippen LogP) is 6.77. The van der Waals surface area contributed by atoms with E-state index in [1.54, 1.807) is 0 Å². The summed E-state index contributed by atoms with van der Waals surface area (Å²) in [6.45, 7) is 2.92. The van der Waals surface area contributed by atoms with Gasteiger partial charge < -0.3 is 14.7 Å². The van der Waals surface area contributed by atoms with Gasteiger partial charge in [-0.2, -0.15) is 13.2 Å². The molecule has 2 unspecified atom stereocenters. The quantitative estimate of drug-likeness (QED) is 0.401. The van der Waals surface area contributed by atoms with Crippen LogP contribution >= 0.6 is 0 Å². The summed E-state index contributed by atoms with van der Waals surface area (Å²) in [7, 11) is 0. The van der Waals surface area contributed by atoms with Crippen LogP contribution in [0.25, 0.3) is 0 Å². The van der Waals surface area contributed by atoms with E-state index in [4.69, 9.17) is 4.74 Å². The number of carbonyl (C=O) groups is 1. The number of hydrogen-bond donors (Lipinski definition) is 1. The van der Waals surface area contributed by atoms with Crippen molar-refractivity contribution in [1.29, 1.82) is 0 Å². The molecule has 2 atom stereocenters. The van der Waals surface area contributed by atoms with Crippen LogP contribution in [0.5, 0.6) is 5.75 Å². The van der Waals surface area contributed by atoms with Gasteiger partial charge >= 0.3 is 12.1 Å². The molecule has 9 heteroatoms. The summed E-state index contributed by atoms with van der Waals surface area (Å²) in [6.07, 6.45) is 1.36. The largest absolute Gasteiger partial charge is 0.493 e. The van der Waals surface area contributed by atoms with Gasteiger partial charge in [0.25, 0.3) is 0 Å². The van der Waals surface area contributed by atoms with Crippen LogP contribution in [0.1, 0.15) is 90.9 Å². The fraction of sp³-hybridized carbons (Fsp3) is 0.556. The molecule has 3 fully saturated rings. The number of carboxylic acids is 1. The summed E-state index contributed by atoms with van der Waals surface area (Å²) < 4.78 is 61.1. The third-order valence-corrected chi connectivity index (χ3v) is 7.57. The van der Waals surface area contributed by atoms with E-state index in [0.29, 0.717) is 36.8 Å². The molecule has 0 radical (unpaired) electrons. The van der Waals surface area contributed by atoms with Gasteiger partial charge in [0, 0.05) is 30.3 Å². The van der Waals surface area contributed by atoms with Crippen molar-refractivity contribution in [2.75, 3.05) is 18.1 Å². The number of benzene rings is 1. The normalized spacial score (nSPS) is 22.5. The van der Waals surface area contributed by atoms with E-state index in [1.165, 1.54) is 24.3 Å². The average Bonchev–Trinajstić information content (AvgIpc) is 3.75. The molecule has 5 nitrogen and oxygen atoms in total. The molecule has 0 spiro atoms. The molecular formula is C27H30F4N2O3. The first-order valence-electron chi connectivity index (χ1n) is 12.7. The van der Waals surface area contributed by atoms with Gasteiger partial charge in [-0.15, -0.1) is 0 Å². The van der Waals surface area contributed by atoms with Gasteiger partial charge in [0.15, 0.2) is 0 Å². The van der Waals surface area contributed by atoms with Gasteiger partial charge in [-0.05, 0) is 80.5 Å². The lowest BCUT2D eigenvalue weighted by Gasteiger charge is -2.40. The minimum atomic E-state index is -4.42. The standard InChI is InChI=1S/C27H30F4N2O3/c1-2-19-9-15(14-36-24-13-22(28)21(26(34)35)12-20(24)16-3-4-16)7-8-33(19)25-11-18(27(29,30)31)10-23(32-25)17-5-6-17/h10-13,15-17,19H,2-9,14H2,1H3,(H,34,35). The molecule has 5 rings (SSSR count). The van der Waals surface area contributed by atoms with Crippen molar-refractivity contribution in [1.82, 2.24) is 4.98 Å². The van der Waals surface area contributed by atoms with Crippen LogP contribution in [-0.4, -0.2) is 35.3 Å². The first-order chi connectivity index (χ1) is 17.1. The second kappa shape index (κ2) is 9.56. The zero-order valence-electron chi connectivity index (χ0n) is 20.2. The minimum Gasteiger partial charge on any atom is -0.493 e. The lowest BCUT2D eigenvalue weighted by molar-refractivity contribution is -0.137. The van der Waals surface area contributed by atoms with E-state index < -0.39 is 23.5 Å². The molecule has 2 aromatic rings. The molecule has 2 heterocycles. The van der Waals surface area contributed by atoms with Crippen molar-refractivity contribution < 1.29 is 32.2 Å². The first kappa shape index (κ1) is 24.8. The first-order valence-corrected chi connectivity index (χ1v) is 12.7. The van der Waals surface area contributed by atoms with Crippen LogP contribution in [0.4, 0.5) is 23.4 Å². The molecule has 1 N–H and O–H groups in total. The van der Waals surface area contributed by atoms with E-state index >= 15 is 0 Å². The van der Waals surface area contributed by atoms with Crippen molar-refractivity contribution in [3.63, 3.8) is 0 Å². The van der Waals surface area contributed by atoms with Crippen LogP contribution in [-0.2, 0) is 6.18 Å². The van der Waals surface area contributed by atoms with Crippen molar-refractivity contribution in [2.45, 2.75) is 75.9 Å². The minimum absolute atomic E-state index is 0.0180. The van der Waals surface area contributed by atoms with E-state index in [9.17, 15) is 27.5 Å². The van der Waals surface area contributed by atoms with Crippen LogP contribution in [0, 0.1) is 11.7 Å². The van der Waals surface area contributed by atoms with E-state index in [-0.39, 0.29) is 29.4 Å². The van der Waals surface area contributed by atoms with E-state index in [2.05, 4.69) is 4.98 Å². The van der Waals surface area contributed by atoms with Crippen LogP contribution in [0.3, 0.4) is 0 Å².